The van der Waals surface area contributed by atoms with E-state index in [0.717, 1.165) is 10.2 Å². The first-order valence-electron chi connectivity index (χ1n) is 9.77. The monoisotopic (exact) mass is 470 g/mol. The molecule has 164 valence electrons. The van der Waals surface area contributed by atoms with Crippen molar-refractivity contribution >= 4 is 55.9 Å². The molecule has 0 atom stereocenters. The van der Waals surface area contributed by atoms with Crippen LogP contribution < -0.4 is 10.6 Å². The predicted octanol–water partition coefficient (Wildman–Crippen LogP) is 3.96. The fourth-order valence-electron chi connectivity index (χ4n) is 2.97. The number of halogens is 1. The highest BCUT2D eigenvalue weighted by molar-refractivity contribution is 7.99. The summed E-state index contributed by atoms with van der Waals surface area (Å²) in [5.74, 6) is -0.238. The zero-order valence-electron chi connectivity index (χ0n) is 17.0. The molecular formula is C21H19FN6O2S2. The summed E-state index contributed by atoms with van der Waals surface area (Å²) in [6, 6.07) is 13.2. The van der Waals surface area contributed by atoms with Crippen LogP contribution in [0.15, 0.2) is 53.7 Å². The molecule has 0 unspecified atom stereocenters. The fourth-order valence-corrected chi connectivity index (χ4v) is 4.67. The lowest BCUT2D eigenvalue weighted by Crippen LogP contribution is -2.18. The lowest BCUT2D eigenvalue weighted by molar-refractivity contribution is -0.116. The molecule has 0 bridgehead atoms. The standard InChI is InChI=1S/C21H19FN6O2S2/c1-2-28-17(11-18(29)23-14-9-7-13(22)8-10-14)26-27-21(28)31-12-19(30)25-20-24-15-5-3-4-6-16(15)32-20/h3-10H,2,11-12H2,1H3,(H,23,29)(H,24,25,30). The molecule has 2 N–H and O–H groups in total. The van der Waals surface area contributed by atoms with E-state index in [1.54, 1.807) is 4.57 Å². The van der Waals surface area contributed by atoms with Crippen molar-refractivity contribution in [2.45, 2.75) is 25.0 Å². The van der Waals surface area contributed by atoms with Crippen LogP contribution in [0, 0.1) is 5.82 Å². The second-order valence-corrected chi connectivity index (χ2v) is 8.67. The predicted molar refractivity (Wildman–Crippen MR) is 123 cm³/mol. The number of thiazole rings is 1. The smallest absolute Gasteiger partial charge is 0.236 e. The van der Waals surface area contributed by atoms with Gasteiger partial charge in [0.2, 0.25) is 11.8 Å². The Morgan fingerprint density at radius 1 is 1.06 bits per heavy atom. The van der Waals surface area contributed by atoms with Crippen molar-refractivity contribution in [3.63, 3.8) is 0 Å². The summed E-state index contributed by atoms with van der Waals surface area (Å²) in [4.78, 5) is 29.1. The molecule has 0 radical (unpaired) electrons. The van der Waals surface area contributed by atoms with Crippen molar-refractivity contribution in [3.8, 4) is 0 Å². The Balaban J connectivity index is 1.34. The maximum atomic E-state index is 13.0. The Morgan fingerprint density at radius 2 is 1.84 bits per heavy atom. The number of thioether (sulfide) groups is 1. The van der Waals surface area contributed by atoms with E-state index >= 15 is 0 Å². The average Bonchev–Trinajstić information content (AvgIpc) is 3.36. The molecule has 8 nitrogen and oxygen atoms in total. The van der Waals surface area contributed by atoms with Crippen molar-refractivity contribution in [2.24, 2.45) is 0 Å². The summed E-state index contributed by atoms with van der Waals surface area (Å²) in [5, 5.41) is 14.8. The van der Waals surface area contributed by atoms with E-state index in [4.69, 9.17) is 0 Å². The van der Waals surface area contributed by atoms with Gasteiger partial charge in [0.05, 0.1) is 22.4 Å². The molecule has 2 aromatic heterocycles. The molecule has 0 aliphatic carbocycles. The molecule has 32 heavy (non-hydrogen) atoms. The van der Waals surface area contributed by atoms with Crippen LogP contribution in [-0.2, 0) is 22.6 Å². The lowest BCUT2D eigenvalue weighted by atomic mass is 10.3. The van der Waals surface area contributed by atoms with E-state index < -0.39 is 0 Å². The zero-order chi connectivity index (χ0) is 22.5. The number of fused-ring (bicyclic) bond motifs is 1. The summed E-state index contributed by atoms with van der Waals surface area (Å²) in [6.07, 6.45) is 0.0106. The molecule has 0 saturated heterocycles. The van der Waals surface area contributed by atoms with Crippen molar-refractivity contribution in [3.05, 3.63) is 60.2 Å². The van der Waals surface area contributed by atoms with Gasteiger partial charge in [0.15, 0.2) is 10.3 Å². The van der Waals surface area contributed by atoms with Gasteiger partial charge in [-0.1, -0.05) is 35.2 Å². The summed E-state index contributed by atoms with van der Waals surface area (Å²) >= 11 is 2.66. The van der Waals surface area contributed by atoms with E-state index in [9.17, 15) is 14.0 Å². The molecule has 0 saturated carbocycles. The number of hydrogen-bond donors (Lipinski definition) is 2. The molecule has 2 heterocycles. The SMILES string of the molecule is CCn1c(CC(=O)Nc2ccc(F)cc2)nnc1SCC(=O)Nc1nc2ccccc2s1. The van der Waals surface area contributed by atoms with Gasteiger partial charge in [0.1, 0.15) is 11.6 Å². The summed E-state index contributed by atoms with van der Waals surface area (Å²) < 4.78 is 15.8. The number of hydrogen-bond acceptors (Lipinski definition) is 7. The number of anilines is 2. The third-order valence-corrected chi connectivity index (χ3v) is 6.35. The van der Waals surface area contributed by atoms with Gasteiger partial charge in [-0.15, -0.1) is 10.2 Å². The summed E-state index contributed by atoms with van der Waals surface area (Å²) in [7, 11) is 0. The third kappa shape index (κ3) is 5.29. The van der Waals surface area contributed by atoms with Crippen LogP contribution >= 0.6 is 23.1 Å². The third-order valence-electron chi connectivity index (χ3n) is 4.43. The quantitative estimate of drug-likeness (QED) is 0.378. The Labute approximate surface area is 191 Å². The first-order valence-corrected chi connectivity index (χ1v) is 11.6. The van der Waals surface area contributed by atoms with E-state index in [1.807, 2.05) is 31.2 Å². The number of aromatic nitrogens is 4. The number of benzene rings is 2. The number of nitrogens with one attached hydrogen (secondary N) is 2. The van der Waals surface area contributed by atoms with Crippen molar-refractivity contribution in [1.29, 1.82) is 0 Å². The van der Waals surface area contributed by atoms with Gasteiger partial charge in [-0.25, -0.2) is 9.37 Å². The Kier molecular flexibility index (Phi) is 6.76. The fraction of sp³-hybridized carbons (Fsp3) is 0.190. The Bertz CT molecular complexity index is 1220. The minimum atomic E-state index is -0.373. The number of para-hydroxylation sites is 1. The highest BCUT2D eigenvalue weighted by atomic mass is 32.2. The minimum Gasteiger partial charge on any atom is -0.326 e. The molecule has 0 aliphatic heterocycles. The molecule has 0 spiro atoms. The van der Waals surface area contributed by atoms with Crippen molar-refractivity contribution in [2.75, 3.05) is 16.4 Å². The summed E-state index contributed by atoms with van der Waals surface area (Å²) in [5.41, 5.74) is 1.34. The van der Waals surface area contributed by atoms with E-state index in [-0.39, 0.29) is 29.8 Å². The topological polar surface area (TPSA) is 102 Å². The highest BCUT2D eigenvalue weighted by Crippen LogP contribution is 2.26. The second-order valence-electron chi connectivity index (χ2n) is 6.70. The lowest BCUT2D eigenvalue weighted by Gasteiger charge is -2.08. The highest BCUT2D eigenvalue weighted by Gasteiger charge is 2.16. The molecule has 4 rings (SSSR count). The number of nitrogens with zero attached hydrogens (tertiary/aromatic N) is 4. The van der Waals surface area contributed by atoms with Crippen LogP contribution in [0.25, 0.3) is 10.2 Å². The Morgan fingerprint density at radius 3 is 2.59 bits per heavy atom. The molecule has 0 fully saturated rings. The molecule has 2 amide bonds. The van der Waals surface area contributed by atoms with Crippen LogP contribution in [0.4, 0.5) is 15.2 Å². The summed E-state index contributed by atoms with van der Waals surface area (Å²) in [6.45, 7) is 2.46. The van der Waals surface area contributed by atoms with Crippen LogP contribution in [0.5, 0.6) is 0 Å². The van der Waals surface area contributed by atoms with Gasteiger partial charge < -0.3 is 15.2 Å². The Hall–Kier alpha value is -3.31. The minimum absolute atomic E-state index is 0.0106. The van der Waals surface area contributed by atoms with Crippen molar-refractivity contribution in [1.82, 2.24) is 19.7 Å². The molecule has 4 aromatic rings. The van der Waals surface area contributed by atoms with E-state index in [1.165, 1.54) is 47.4 Å². The van der Waals surface area contributed by atoms with Crippen LogP contribution in [-0.4, -0.2) is 37.3 Å². The number of carbonyl (C=O) groups is 2. The maximum absolute atomic E-state index is 13.0. The van der Waals surface area contributed by atoms with Gasteiger partial charge >= 0.3 is 0 Å². The molecule has 0 aliphatic rings. The molecular weight excluding hydrogens is 451 g/mol. The zero-order valence-corrected chi connectivity index (χ0v) is 18.7. The molecule has 11 heteroatoms. The number of carbonyl (C=O) groups excluding carboxylic acids is 2. The molecule has 2 aromatic carbocycles. The van der Waals surface area contributed by atoms with Gasteiger partial charge in [-0.05, 0) is 43.3 Å². The van der Waals surface area contributed by atoms with Crippen LogP contribution in [0.3, 0.4) is 0 Å². The van der Waals surface area contributed by atoms with Crippen LogP contribution in [0.2, 0.25) is 0 Å². The van der Waals surface area contributed by atoms with Gasteiger partial charge in [-0.3, -0.25) is 9.59 Å². The van der Waals surface area contributed by atoms with Gasteiger partial charge in [-0.2, -0.15) is 0 Å². The van der Waals surface area contributed by atoms with E-state index in [0.29, 0.717) is 28.3 Å². The van der Waals surface area contributed by atoms with E-state index in [2.05, 4.69) is 25.8 Å². The first kappa shape index (κ1) is 21.9. The second kappa shape index (κ2) is 9.88. The number of rotatable bonds is 8. The normalized spacial score (nSPS) is 10.9. The van der Waals surface area contributed by atoms with Crippen molar-refractivity contribution < 1.29 is 14.0 Å². The maximum Gasteiger partial charge on any atom is 0.236 e. The first-order chi connectivity index (χ1) is 15.5. The van der Waals surface area contributed by atoms with Crippen LogP contribution in [0.1, 0.15) is 12.7 Å². The van der Waals surface area contributed by atoms with Gasteiger partial charge in [0, 0.05) is 12.2 Å². The number of amides is 2. The van der Waals surface area contributed by atoms with Gasteiger partial charge in [0.25, 0.3) is 0 Å². The average molecular weight is 471 g/mol. The largest absolute Gasteiger partial charge is 0.326 e.